The van der Waals surface area contributed by atoms with Crippen LogP contribution in [0.5, 0.6) is 23.0 Å². The summed E-state index contributed by atoms with van der Waals surface area (Å²) in [6.45, 7) is 0. The van der Waals surface area contributed by atoms with Gasteiger partial charge in [-0.1, -0.05) is 46.4 Å². The van der Waals surface area contributed by atoms with Gasteiger partial charge in [0, 0.05) is 11.1 Å². The Hall–Kier alpha value is -0.320. The number of benzene rings is 2. The van der Waals surface area contributed by atoms with Gasteiger partial charge in [-0.05, 0) is 28.1 Å². The molecule has 0 aliphatic carbocycles. The summed E-state index contributed by atoms with van der Waals surface area (Å²) in [5, 5.41) is 1.54. The van der Waals surface area contributed by atoms with E-state index in [4.69, 9.17) is 55.9 Å². The van der Waals surface area contributed by atoms with Gasteiger partial charge in [-0.2, -0.15) is 0 Å². The third-order valence-corrected chi connectivity index (χ3v) is 4.57. The molecule has 1 aliphatic heterocycles. The van der Waals surface area contributed by atoms with E-state index in [1.807, 2.05) is 0 Å². The maximum Gasteiger partial charge on any atom is 0.190 e. The molecule has 0 bridgehead atoms. The van der Waals surface area contributed by atoms with Crippen molar-refractivity contribution >= 4 is 62.3 Å². The molecular formula is C12H3BrCl4O2. The van der Waals surface area contributed by atoms with Crippen LogP contribution in [0, 0.1) is 0 Å². The van der Waals surface area contributed by atoms with Crippen LogP contribution in [-0.2, 0) is 0 Å². The van der Waals surface area contributed by atoms with Gasteiger partial charge in [0.05, 0.1) is 19.5 Å². The molecule has 7 heteroatoms. The molecule has 0 radical (unpaired) electrons. The minimum absolute atomic E-state index is 0.333. The first-order chi connectivity index (χ1) is 8.97. The average molecular weight is 401 g/mol. The van der Waals surface area contributed by atoms with E-state index in [-0.39, 0.29) is 0 Å². The van der Waals surface area contributed by atoms with Crippen molar-refractivity contribution in [3.63, 3.8) is 0 Å². The summed E-state index contributed by atoms with van der Waals surface area (Å²) < 4.78 is 12.0. The lowest BCUT2D eigenvalue weighted by Gasteiger charge is -2.23. The Morgan fingerprint density at radius 2 is 1.42 bits per heavy atom. The van der Waals surface area contributed by atoms with E-state index in [2.05, 4.69) is 15.9 Å². The Labute approximate surface area is 137 Å². The van der Waals surface area contributed by atoms with Gasteiger partial charge in [0.2, 0.25) is 0 Å². The van der Waals surface area contributed by atoms with E-state index >= 15 is 0 Å². The molecule has 98 valence electrons. The predicted octanol–water partition coefficient (Wildman–Crippen LogP) is 6.96. The van der Waals surface area contributed by atoms with Crippen molar-refractivity contribution < 1.29 is 9.47 Å². The van der Waals surface area contributed by atoms with Gasteiger partial charge < -0.3 is 9.47 Å². The summed E-state index contributed by atoms with van der Waals surface area (Å²) in [6.07, 6.45) is 0. The lowest BCUT2D eigenvalue weighted by molar-refractivity contribution is 0.358. The molecule has 0 aromatic heterocycles. The number of ether oxygens (including phenoxy) is 2. The molecule has 0 unspecified atom stereocenters. The summed E-state index contributed by atoms with van der Waals surface area (Å²) in [5.41, 5.74) is 0. The highest BCUT2D eigenvalue weighted by Gasteiger charge is 2.27. The summed E-state index contributed by atoms with van der Waals surface area (Å²) >= 11 is 27.4. The maximum atomic E-state index is 6.09. The average Bonchev–Trinajstić information content (AvgIpc) is 2.34. The van der Waals surface area contributed by atoms with E-state index in [1.165, 1.54) is 0 Å². The van der Waals surface area contributed by atoms with E-state index in [9.17, 15) is 0 Å². The van der Waals surface area contributed by atoms with Crippen molar-refractivity contribution in [2.45, 2.75) is 0 Å². The third-order valence-electron chi connectivity index (χ3n) is 2.48. The van der Waals surface area contributed by atoms with Gasteiger partial charge >= 0.3 is 0 Å². The van der Waals surface area contributed by atoms with Crippen molar-refractivity contribution in [2.24, 2.45) is 0 Å². The van der Waals surface area contributed by atoms with Crippen molar-refractivity contribution in [1.82, 2.24) is 0 Å². The fourth-order valence-electron chi connectivity index (χ4n) is 1.67. The molecule has 0 fully saturated rings. The Kier molecular flexibility index (Phi) is 3.52. The smallest absolute Gasteiger partial charge is 0.190 e. The zero-order chi connectivity index (χ0) is 13.7. The van der Waals surface area contributed by atoms with Gasteiger partial charge in [0.1, 0.15) is 0 Å². The first-order valence-electron chi connectivity index (χ1n) is 4.99. The fourth-order valence-corrected chi connectivity index (χ4v) is 3.04. The van der Waals surface area contributed by atoms with Crippen LogP contribution >= 0.6 is 62.3 Å². The summed E-state index contributed by atoms with van der Waals surface area (Å²) in [6, 6.07) is 4.73. The zero-order valence-corrected chi connectivity index (χ0v) is 13.5. The van der Waals surface area contributed by atoms with Gasteiger partial charge in [0.25, 0.3) is 0 Å². The first-order valence-corrected chi connectivity index (χ1v) is 7.30. The molecule has 1 heterocycles. The second-order valence-corrected chi connectivity index (χ2v) is 6.18. The summed E-state index contributed by atoms with van der Waals surface area (Å²) in [7, 11) is 0. The number of hydrogen-bond acceptors (Lipinski definition) is 2. The normalized spacial score (nSPS) is 12.3. The van der Waals surface area contributed by atoms with E-state index in [0.717, 1.165) is 0 Å². The van der Waals surface area contributed by atoms with Crippen LogP contribution in [-0.4, -0.2) is 0 Å². The number of fused-ring (bicyclic) bond motifs is 2. The zero-order valence-electron chi connectivity index (χ0n) is 8.94. The molecule has 0 spiro atoms. The number of halogens is 5. The molecule has 0 saturated heterocycles. The highest BCUT2D eigenvalue weighted by Crippen LogP contribution is 2.55. The minimum Gasteiger partial charge on any atom is -0.448 e. The van der Waals surface area contributed by atoms with Crippen LogP contribution in [0.1, 0.15) is 0 Å². The van der Waals surface area contributed by atoms with E-state index < -0.39 is 0 Å². The summed E-state index contributed by atoms with van der Waals surface area (Å²) in [4.78, 5) is 0. The molecule has 1 aliphatic rings. The molecule has 3 rings (SSSR count). The molecule has 2 aromatic carbocycles. The Morgan fingerprint density at radius 3 is 2.16 bits per heavy atom. The first kappa shape index (κ1) is 13.7. The topological polar surface area (TPSA) is 18.5 Å². The largest absolute Gasteiger partial charge is 0.448 e. The monoisotopic (exact) mass is 398 g/mol. The Bertz CT molecular complexity index is 703. The third kappa shape index (κ3) is 2.28. The summed E-state index contributed by atoms with van der Waals surface area (Å²) in [5.74, 6) is 1.52. The van der Waals surface area contributed by atoms with Gasteiger partial charge in [-0.15, -0.1) is 0 Å². The quantitative estimate of drug-likeness (QED) is 0.380. The highest BCUT2D eigenvalue weighted by molar-refractivity contribution is 9.10. The molecule has 0 N–H and O–H groups in total. The van der Waals surface area contributed by atoms with Crippen LogP contribution in [0.3, 0.4) is 0 Å². The second kappa shape index (κ2) is 4.90. The standard InChI is InChI=1S/C12H3BrCl4O2/c13-9-5(15)3-7(17)11-12(9)18-8-2-4(14)1-6(16)10(8)19-11/h1-3H. The molecule has 0 saturated carbocycles. The number of hydrogen-bond donors (Lipinski definition) is 0. The van der Waals surface area contributed by atoms with Crippen LogP contribution in [0.4, 0.5) is 0 Å². The molecular weight excluding hydrogens is 398 g/mol. The lowest BCUT2D eigenvalue weighted by atomic mass is 10.2. The second-order valence-electron chi connectivity index (χ2n) is 3.73. The Balaban J connectivity index is 2.22. The fraction of sp³-hybridized carbons (Fsp3) is 0. The molecule has 0 amide bonds. The molecule has 19 heavy (non-hydrogen) atoms. The number of rotatable bonds is 0. The molecule has 2 aromatic rings. The molecule has 0 atom stereocenters. The van der Waals surface area contributed by atoms with Crippen molar-refractivity contribution in [3.8, 4) is 23.0 Å². The molecule has 2 nitrogen and oxygen atoms in total. The highest BCUT2D eigenvalue weighted by atomic mass is 79.9. The Morgan fingerprint density at radius 1 is 0.737 bits per heavy atom. The van der Waals surface area contributed by atoms with Crippen molar-refractivity contribution in [2.75, 3.05) is 0 Å². The SMILES string of the molecule is Clc1cc(Cl)c2c(c1)Oc1c(Br)c(Cl)cc(Cl)c1O2. The lowest BCUT2D eigenvalue weighted by Crippen LogP contribution is -2.01. The van der Waals surface area contributed by atoms with Crippen LogP contribution < -0.4 is 9.47 Å². The predicted molar refractivity (Wildman–Crippen MR) is 80.8 cm³/mol. The van der Waals surface area contributed by atoms with E-state index in [1.54, 1.807) is 18.2 Å². The van der Waals surface area contributed by atoms with Gasteiger partial charge in [-0.3, -0.25) is 0 Å². The van der Waals surface area contributed by atoms with Crippen LogP contribution in [0.15, 0.2) is 22.7 Å². The van der Waals surface area contributed by atoms with Crippen LogP contribution in [0.2, 0.25) is 20.1 Å². The maximum absolute atomic E-state index is 6.09. The van der Waals surface area contributed by atoms with Gasteiger partial charge in [0.15, 0.2) is 23.0 Å². The van der Waals surface area contributed by atoms with Gasteiger partial charge in [-0.25, -0.2) is 0 Å². The van der Waals surface area contributed by atoms with Crippen molar-refractivity contribution in [3.05, 3.63) is 42.8 Å². The van der Waals surface area contributed by atoms with Crippen LogP contribution in [0.25, 0.3) is 0 Å². The minimum atomic E-state index is 0.333. The van der Waals surface area contributed by atoms with E-state index in [0.29, 0.717) is 47.6 Å². The van der Waals surface area contributed by atoms with Crippen molar-refractivity contribution in [1.29, 1.82) is 0 Å².